The topological polar surface area (TPSA) is 87.7 Å². The second-order valence-electron chi connectivity index (χ2n) is 4.61. The van der Waals surface area contributed by atoms with Crippen molar-refractivity contribution in [2.75, 3.05) is 0 Å². The van der Waals surface area contributed by atoms with Crippen LogP contribution in [0.15, 0.2) is 23.4 Å². The zero-order chi connectivity index (χ0) is 14.4. The maximum atomic E-state index is 12.3. The molecule has 4 N–H and O–H groups in total. The second kappa shape index (κ2) is 6.78. The van der Waals surface area contributed by atoms with Crippen molar-refractivity contribution in [3.05, 3.63) is 34.9 Å². The Labute approximate surface area is 113 Å². The molecule has 0 bridgehead atoms. The molecule has 0 fully saturated rings. The number of carbonyl (C=O) groups is 1. The van der Waals surface area contributed by atoms with E-state index in [0.717, 1.165) is 17.5 Å². The van der Waals surface area contributed by atoms with Crippen LogP contribution in [0.5, 0.6) is 0 Å². The van der Waals surface area contributed by atoms with Gasteiger partial charge in [0.15, 0.2) is 5.84 Å². The van der Waals surface area contributed by atoms with Crippen LogP contribution in [0.4, 0.5) is 0 Å². The van der Waals surface area contributed by atoms with Crippen molar-refractivity contribution in [1.82, 2.24) is 5.32 Å². The molecule has 0 saturated heterocycles. The zero-order valence-electron chi connectivity index (χ0n) is 11.6. The van der Waals surface area contributed by atoms with Gasteiger partial charge in [0.2, 0.25) is 0 Å². The summed E-state index contributed by atoms with van der Waals surface area (Å²) in [5, 5.41) is 14.5. The number of amidine groups is 1. The standard InChI is InChI=1S/C14H21N3O2/c1-4-6-11(13(15)17-19)16-14(18)12-9(2)7-5-8-10(12)3/h5,7-8,11,19H,4,6H2,1-3H3,(H2,15,17)(H,16,18). The molecule has 0 saturated carbocycles. The van der Waals surface area contributed by atoms with Gasteiger partial charge in [-0.25, -0.2) is 0 Å². The number of oxime groups is 1. The minimum absolute atomic E-state index is 0.0291. The molecule has 19 heavy (non-hydrogen) atoms. The summed E-state index contributed by atoms with van der Waals surface area (Å²) in [6.07, 6.45) is 1.46. The summed E-state index contributed by atoms with van der Waals surface area (Å²) in [7, 11) is 0. The van der Waals surface area contributed by atoms with Crippen LogP contribution in [-0.4, -0.2) is 23.0 Å². The molecular weight excluding hydrogens is 242 g/mol. The van der Waals surface area contributed by atoms with Crippen molar-refractivity contribution < 1.29 is 10.0 Å². The lowest BCUT2D eigenvalue weighted by Crippen LogP contribution is -2.44. The van der Waals surface area contributed by atoms with E-state index in [1.165, 1.54) is 0 Å². The molecule has 0 aliphatic carbocycles. The number of nitrogens with two attached hydrogens (primary N) is 1. The number of amides is 1. The van der Waals surface area contributed by atoms with Crippen LogP contribution >= 0.6 is 0 Å². The number of carbonyl (C=O) groups excluding carboxylic acids is 1. The van der Waals surface area contributed by atoms with Gasteiger partial charge in [-0.05, 0) is 31.4 Å². The summed E-state index contributed by atoms with van der Waals surface area (Å²) >= 11 is 0. The number of aryl methyl sites for hydroxylation is 2. The predicted molar refractivity (Wildman–Crippen MR) is 75.5 cm³/mol. The van der Waals surface area contributed by atoms with Crippen LogP contribution in [0, 0.1) is 13.8 Å². The highest BCUT2D eigenvalue weighted by Gasteiger charge is 2.19. The Morgan fingerprint density at radius 3 is 2.47 bits per heavy atom. The Morgan fingerprint density at radius 2 is 2.00 bits per heavy atom. The van der Waals surface area contributed by atoms with Crippen LogP contribution in [0.2, 0.25) is 0 Å². The van der Waals surface area contributed by atoms with Gasteiger partial charge in [-0.3, -0.25) is 4.79 Å². The number of nitrogens with one attached hydrogen (secondary N) is 1. The molecule has 5 nitrogen and oxygen atoms in total. The van der Waals surface area contributed by atoms with E-state index in [1.807, 2.05) is 39.0 Å². The highest BCUT2D eigenvalue weighted by Crippen LogP contribution is 2.13. The van der Waals surface area contributed by atoms with Gasteiger partial charge in [0.1, 0.15) is 0 Å². The monoisotopic (exact) mass is 263 g/mol. The van der Waals surface area contributed by atoms with Gasteiger partial charge in [0, 0.05) is 5.56 Å². The molecule has 1 unspecified atom stereocenters. The quantitative estimate of drug-likeness (QED) is 0.328. The molecule has 0 radical (unpaired) electrons. The van der Waals surface area contributed by atoms with Gasteiger partial charge in [-0.15, -0.1) is 0 Å². The summed E-state index contributed by atoms with van der Waals surface area (Å²) < 4.78 is 0. The Kier molecular flexibility index (Phi) is 5.36. The molecule has 1 aromatic rings. The lowest BCUT2D eigenvalue weighted by atomic mass is 10.0. The maximum absolute atomic E-state index is 12.3. The number of rotatable bonds is 5. The van der Waals surface area contributed by atoms with E-state index in [9.17, 15) is 4.79 Å². The third kappa shape index (κ3) is 3.71. The highest BCUT2D eigenvalue weighted by molar-refractivity contribution is 6.00. The second-order valence-corrected chi connectivity index (χ2v) is 4.61. The van der Waals surface area contributed by atoms with Crippen LogP contribution < -0.4 is 11.1 Å². The minimum Gasteiger partial charge on any atom is -0.409 e. The number of benzene rings is 1. The van der Waals surface area contributed by atoms with Crippen molar-refractivity contribution in [2.45, 2.75) is 39.7 Å². The molecular formula is C14H21N3O2. The molecule has 1 aromatic carbocycles. The largest absolute Gasteiger partial charge is 0.409 e. The van der Waals surface area contributed by atoms with Crippen LogP contribution in [-0.2, 0) is 0 Å². The van der Waals surface area contributed by atoms with Crippen molar-refractivity contribution >= 4 is 11.7 Å². The minimum atomic E-state index is -0.443. The van der Waals surface area contributed by atoms with Crippen LogP contribution in [0.25, 0.3) is 0 Å². The lowest BCUT2D eigenvalue weighted by molar-refractivity contribution is 0.0943. The lowest BCUT2D eigenvalue weighted by Gasteiger charge is -2.18. The van der Waals surface area contributed by atoms with Crippen molar-refractivity contribution in [2.24, 2.45) is 10.9 Å². The predicted octanol–water partition coefficient (Wildman–Crippen LogP) is 1.95. The van der Waals surface area contributed by atoms with Gasteiger partial charge in [-0.1, -0.05) is 36.7 Å². The first-order valence-electron chi connectivity index (χ1n) is 6.35. The summed E-state index contributed by atoms with van der Waals surface area (Å²) in [6, 6.07) is 5.25. The van der Waals surface area contributed by atoms with E-state index in [2.05, 4.69) is 10.5 Å². The fourth-order valence-electron chi connectivity index (χ4n) is 2.06. The third-order valence-corrected chi connectivity index (χ3v) is 3.06. The Bertz CT molecular complexity index is 463. The Hall–Kier alpha value is -2.04. The van der Waals surface area contributed by atoms with Gasteiger partial charge in [-0.2, -0.15) is 0 Å². The first-order chi connectivity index (χ1) is 9.01. The maximum Gasteiger partial charge on any atom is 0.252 e. The van der Waals surface area contributed by atoms with E-state index in [0.29, 0.717) is 12.0 Å². The molecule has 0 aromatic heterocycles. The van der Waals surface area contributed by atoms with Gasteiger partial charge in [0.25, 0.3) is 5.91 Å². The smallest absolute Gasteiger partial charge is 0.252 e. The van der Waals surface area contributed by atoms with Crippen molar-refractivity contribution in [1.29, 1.82) is 0 Å². The highest BCUT2D eigenvalue weighted by atomic mass is 16.4. The SMILES string of the molecule is CCCC(NC(=O)c1c(C)cccc1C)/C(N)=N/O. The normalized spacial score (nSPS) is 13.1. The van der Waals surface area contributed by atoms with E-state index in [1.54, 1.807) is 0 Å². The first-order valence-corrected chi connectivity index (χ1v) is 6.35. The van der Waals surface area contributed by atoms with Crippen molar-refractivity contribution in [3.8, 4) is 0 Å². The third-order valence-electron chi connectivity index (χ3n) is 3.06. The fraction of sp³-hybridized carbons (Fsp3) is 0.429. The van der Waals surface area contributed by atoms with Gasteiger partial charge in [0.05, 0.1) is 6.04 Å². The zero-order valence-corrected chi connectivity index (χ0v) is 11.6. The number of hydrogen-bond acceptors (Lipinski definition) is 3. The fourth-order valence-corrected chi connectivity index (χ4v) is 2.06. The van der Waals surface area contributed by atoms with E-state index < -0.39 is 6.04 Å². The molecule has 1 atom stereocenters. The van der Waals surface area contributed by atoms with E-state index >= 15 is 0 Å². The van der Waals surface area contributed by atoms with E-state index in [-0.39, 0.29) is 11.7 Å². The summed E-state index contributed by atoms with van der Waals surface area (Å²) in [5.41, 5.74) is 8.06. The first kappa shape index (κ1) is 15.0. The number of hydrogen-bond donors (Lipinski definition) is 3. The molecule has 5 heteroatoms. The van der Waals surface area contributed by atoms with Crippen molar-refractivity contribution in [3.63, 3.8) is 0 Å². The molecule has 1 amide bonds. The Balaban J connectivity index is 2.94. The van der Waals surface area contributed by atoms with Gasteiger partial charge >= 0.3 is 0 Å². The Morgan fingerprint density at radius 1 is 1.42 bits per heavy atom. The van der Waals surface area contributed by atoms with Gasteiger partial charge < -0.3 is 16.3 Å². The molecule has 0 heterocycles. The van der Waals surface area contributed by atoms with E-state index in [4.69, 9.17) is 10.9 Å². The summed E-state index contributed by atoms with van der Waals surface area (Å²) in [5.74, 6) is -0.165. The summed E-state index contributed by atoms with van der Waals surface area (Å²) in [4.78, 5) is 12.3. The van der Waals surface area contributed by atoms with Crippen LogP contribution in [0.3, 0.4) is 0 Å². The molecule has 0 aliphatic rings. The average molecular weight is 263 g/mol. The summed E-state index contributed by atoms with van der Waals surface area (Å²) in [6.45, 7) is 5.75. The average Bonchev–Trinajstić information content (AvgIpc) is 2.37. The molecule has 0 spiro atoms. The van der Waals surface area contributed by atoms with Crippen LogP contribution in [0.1, 0.15) is 41.3 Å². The molecule has 0 aliphatic heterocycles. The molecule has 1 rings (SSSR count). The molecule has 104 valence electrons. The number of nitrogens with zero attached hydrogens (tertiary/aromatic N) is 1.